The fraction of sp³-hybridized carbons (Fsp3) is 0.286. The predicted octanol–water partition coefficient (Wildman–Crippen LogP) is 3.84. The lowest BCUT2D eigenvalue weighted by molar-refractivity contribution is -0.140. The summed E-state index contributed by atoms with van der Waals surface area (Å²) in [5.41, 5.74) is 3.84. The summed E-state index contributed by atoms with van der Waals surface area (Å²) in [6, 6.07) is 12.5. The van der Waals surface area contributed by atoms with Crippen molar-refractivity contribution in [3.63, 3.8) is 0 Å². The normalized spacial score (nSPS) is 10.2. The SMILES string of the molecule is COC(=O)CCCC(=O)Nc1cccc(C(=O)Nc2ccc(C)cc2C)c1. The van der Waals surface area contributed by atoms with Gasteiger partial charge in [-0.1, -0.05) is 23.8 Å². The smallest absolute Gasteiger partial charge is 0.305 e. The van der Waals surface area contributed by atoms with Crippen LogP contribution in [0, 0.1) is 13.8 Å². The second-order valence-corrected chi connectivity index (χ2v) is 6.33. The highest BCUT2D eigenvalue weighted by Crippen LogP contribution is 2.18. The van der Waals surface area contributed by atoms with E-state index in [1.165, 1.54) is 7.11 Å². The molecule has 6 heteroatoms. The van der Waals surface area contributed by atoms with E-state index >= 15 is 0 Å². The number of ether oxygens (including phenoxy) is 1. The minimum absolute atomic E-state index is 0.197. The second-order valence-electron chi connectivity index (χ2n) is 6.33. The molecule has 0 fully saturated rings. The molecule has 0 aliphatic rings. The van der Waals surface area contributed by atoms with E-state index in [2.05, 4.69) is 15.4 Å². The van der Waals surface area contributed by atoms with Crippen molar-refractivity contribution in [2.45, 2.75) is 33.1 Å². The zero-order valence-electron chi connectivity index (χ0n) is 15.8. The van der Waals surface area contributed by atoms with Crippen LogP contribution in [0.1, 0.15) is 40.7 Å². The molecule has 0 saturated carbocycles. The molecular weight excluding hydrogens is 344 g/mol. The molecule has 0 unspecified atom stereocenters. The minimum atomic E-state index is -0.340. The third-order valence-corrected chi connectivity index (χ3v) is 4.05. The van der Waals surface area contributed by atoms with Crippen molar-refractivity contribution in [1.29, 1.82) is 0 Å². The summed E-state index contributed by atoms with van der Waals surface area (Å²) in [6.45, 7) is 3.93. The van der Waals surface area contributed by atoms with E-state index in [0.717, 1.165) is 16.8 Å². The third-order valence-electron chi connectivity index (χ3n) is 4.05. The van der Waals surface area contributed by atoms with Gasteiger partial charge >= 0.3 is 5.97 Å². The fourth-order valence-electron chi connectivity index (χ4n) is 2.61. The first-order valence-corrected chi connectivity index (χ1v) is 8.74. The van der Waals surface area contributed by atoms with Gasteiger partial charge in [-0.15, -0.1) is 0 Å². The van der Waals surface area contributed by atoms with Gasteiger partial charge in [0.15, 0.2) is 0 Å². The van der Waals surface area contributed by atoms with Gasteiger partial charge in [0.2, 0.25) is 5.91 Å². The molecule has 2 rings (SSSR count). The maximum absolute atomic E-state index is 12.5. The zero-order valence-corrected chi connectivity index (χ0v) is 15.8. The number of hydrogen-bond donors (Lipinski definition) is 2. The Hall–Kier alpha value is -3.15. The number of benzene rings is 2. The number of anilines is 2. The molecule has 6 nitrogen and oxygen atoms in total. The van der Waals surface area contributed by atoms with Crippen molar-refractivity contribution >= 4 is 29.2 Å². The van der Waals surface area contributed by atoms with E-state index in [1.54, 1.807) is 24.3 Å². The van der Waals surface area contributed by atoms with Gasteiger partial charge in [0.1, 0.15) is 0 Å². The quantitative estimate of drug-likeness (QED) is 0.727. The number of amides is 2. The molecule has 0 bridgehead atoms. The van der Waals surface area contributed by atoms with Crippen LogP contribution in [0.3, 0.4) is 0 Å². The molecular formula is C21H24N2O4. The van der Waals surface area contributed by atoms with E-state index in [-0.39, 0.29) is 30.6 Å². The Morgan fingerprint density at radius 1 is 0.963 bits per heavy atom. The Bertz CT molecular complexity index is 846. The van der Waals surface area contributed by atoms with Gasteiger partial charge in [0.05, 0.1) is 7.11 Å². The lowest BCUT2D eigenvalue weighted by Crippen LogP contribution is -2.15. The molecule has 2 amide bonds. The molecule has 0 aliphatic heterocycles. The van der Waals surface area contributed by atoms with E-state index in [4.69, 9.17) is 0 Å². The predicted molar refractivity (Wildman–Crippen MR) is 105 cm³/mol. The number of methoxy groups -OCH3 is 1. The Kier molecular flexibility index (Phi) is 7.11. The standard InChI is InChI=1S/C21H24N2O4/c1-14-10-11-18(15(2)12-14)23-21(26)16-6-4-7-17(13-16)22-19(24)8-5-9-20(25)27-3/h4,6-7,10-13H,5,8-9H2,1-3H3,(H,22,24)(H,23,26). The number of esters is 1. The van der Waals surface area contributed by atoms with Crippen LogP contribution in [0.15, 0.2) is 42.5 Å². The Labute approximate surface area is 158 Å². The molecule has 0 spiro atoms. The van der Waals surface area contributed by atoms with Crippen molar-refractivity contribution in [2.24, 2.45) is 0 Å². The van der Waals surface area contributed by atoms with Crippen LogP contribution in [0.25, 0.3) is 0 Å². The highest BCUT2D eigenvalue weighted by Gasteiger charge is 2.10. The monoisotopic (exact) mass is 368 g/mol. The lowest BCUT2D eigenvalue weighted by atomic mass is 10.1. The summed E-state index contributed by atoms with van der Waals surface area (Å²) in [5.74, 6) is -0.803. The van der Waals surface area contributed by atoms with Crippen LogP contribution in [-0.2, 0) is 14.3 Å². The van der Waals surface area contributed by atoms with E-state index < -0.39 is 0 Å². The van der Waals surface area contributed by atoms with E-state index in [9.17, 15) is 14.4 Å². The van der Waals surface area contributed by atoms with E-state index in [1.807, 2.05) is 32.0 Å². The van der Waals surface area contributed by atoms with Gasteiger partial charge in [-0.2, -0.15) is 0 Å². The van der Waals surface area contributed by atoms with Gasteiger partial charge in [-0.25, -0.2) is 0 Å². The van der Waals surface area contributed by atoms with Crippen molar-refractivity contribution in [3.05, 3.63) is 59.2 Å². The number of nitrogens with one attached hydrogen (secondary N) is 2. The zero-order chi connectivity index (χ0) is 19.8. The first-order chi connectivity index (χ1) is 12.9. The van der Waals surface area contributed by atoms with Crippen molar-refractivity contribution in [3.8, 4) is 0 Å². The van der Waals surface area contributed by atoms with Crippen LogP contribution in [0.2, 0.25) is 0 Å². The third kappa shape index (κ3) is 6.26. The van der Waals surface area contributed by atoms with Gasteiger partial charge in [0.25, 0.3) is 5.91 Å². The maximum Gasteiger partial charge on any atom is 0.305 e. The summed E-state index contributed by atoms with van der Waals surface area (Å²) in [6.07, 6.45) is 0.807. The van der Waals surface area contributed by atoms with Gasteiger partial charge in [-0.05, 0) is 50.1 Å². The molecule has 0 aliphatic carbocycles. The highest BCUT2D eigenvalue weighted by molar-refractivity contribution is 6.05. The Morgan fingerprint density at radius 2 is 1.74 bits per heavy atom. The molecule has 0 saturated heterocycles. The number of rotatable bonds is 7. The van der Waals surface area contributed by atoms with Gasteiger partial charge in [0, 0.05) is 29.8 Å². The molecule has 0 atom stereocenters. The number of carbonyl (C=O) groups is 3. The van der Waals surface area contributed by atoms with Crippen LogP contribution in [-0.4, -0.2) is 24.9 Å². The summed E-state index contributed by atoms with van der Waals surface area (Å²) in [7, 11) is 1.32. The molecule has 2 aromatic carbocycles. The molecule has 142 valence electrons. The summed E-state index contributed by atoms with van der Waals surface area (Å²) in [5, 5.41) is 5.63. The molecule has 2 aromatic rings. The Balaban J connectivity index is 1.96. The van der Waals surface area contributed by atoms with Gasteiger partial charge < -0.3 is 15.4 Å². The molecule has 27 heavy (non-hydrogen) atoms. The minimum Gasteiger partial charge on any atom is -0.469 e. The van der Waals surface area contributed by atoms with Crippen LogP contribution in [0.5, 0.6) is 0 Å². The summed E-state index contributed by atoms with van der Waals surface area (Å²) in [4.78, 5) is 35.5. The average molecular weight is 368 g/mol. The Morgan fingerprint density at radius 3 is 2.44 bits per heavy atom. The second kappa shape index (κ2) is 9.52. The van der Waals surface area contributed by atoms with Gasteiger partial charge in [-0.3, -0.25) is 14.4 Å². The number of aryl methyl sites for hydroxylation is 2. The topological polar surface area (TPSA) is 84.5 Å². The molecule has 2 N–H and O–H groups in total. The molecule has 0 radical (unpaired) electrons. The van der Waals surface area contributed by atoms with Crippen molar-refractivity contribution in [2.75, 3.05) is 17.7 Å². The van der Waals surface area contributed by atoms with Crippen LogP contribution >= 0.6 is 0 Å². The maximum atomic E-state index is 12.5. The van der Waals surface area contributed by atoms with Crippen molar-refractivity contribution < 1.29 is 19.1 Å². The van der Waals surface area contributed by atoms with Crippen LogP contribution in [0.4, 0.5) is 11.4 Å². The first-order valence-electron chi connectivity index (χ1n) is 8.74. The van der Waals surface area contributed by atoms with E-state index in [0.29, 0.717) is 17.7 Å². The average Bonchev–Trinajstić information content (AvgIpc) is 2.64. The van der Waals surface area contributed by atoms with Crippen molar-refractivity contribution in [1.82, 2.24) is 0 Å². The lowest BCUT2D eigenvalue weighted by Gasteiger charge is -2.10. The first kappa shape index (κ1) is 20.2. The largest absolute Gasteiger partial charge is 0.469 e. The number of hydrogen-bond acceptors (Lipinski definition) is 4. The van der Waals surface area contributed by atoms with Crippen LogP contribution < -0.4 is 10.6 Å². The summed E-state index contributed by atoms with van der Waals surface area (Å²) < 4.78 is 4.54. The number of carbonyl (C=O) groups excluding carboxylic acids is 3. The molecule has 0 heterocycles. The fourth-order valence-corrected chi connectivity index (χ4v) is 2.61. The molecule has 0 aromatic heterocycles. The summed E-state index contributed by atoms with van der Waals surface area (Å²) >= 11 is 0. The highest BCUT2D eigenvalue weighted by atomic mass is 16.5.